The highest BCUT2D eigenvalue weighted by Gasteiger charge is 2.68. The van der Waals surface area contributed by atoms with Gasteiger partial charge in [-0.05, 0) is 16.6 Å². The van der Waals surface area contributed by atoms with Crippen molar-refractivity contribution in [1.29, 1.82) is 0 Å². The number of alkyl halides is 6. The first-order valence-electron chi connectivity index (χ1n) is 6.12. The van der Waals surface area contributed by atoms with E-state index in [9.17, 15) is 43.2 Å². The zero-order valence-corrected chi connectivity index (χ0v) is 14.2. The molecule has 0 aromatic rings. The summed E-state index contributed by atoms with van der Waals surface area (Å²) >= 11 is 0. The van der Waals surface area contributed by atoms with Gasteiger partial charge in [0, 0.05) is 0 Å². The van der Waals surface area contributed by atoms with Gasteiger partial charge in [0.2, 0.25) is 0 Å². The molecule has 0 unspecified atom stereocenters. The van der Waals surface area contributed by atoms with Gasteiger partial charge in [-0.2, -0.15) is 26.3 Å². The summed E-state index contributed by atoms with van der Waals surface area (Å²) in [6.07, 6.45) is -1.56. The van der Waals surface area contributed by atoms with E-state index in [1.165, 1.54) is 0 Å². The van der Waals surface area contributed by atoms with Crippen molar-refractivity contribution in [3.05, 3.63) is 4.95 Å². The van der Waals surface area contributed by atoms with Crippen LogP contribution < -0.4 is 5.43 Å². The van der Waals surface area contributed by atoms with E-state index < -0.39 is 53.3 Å². The van der Waals surface area contributed by atoms with E-state index in [4.69, 9.17) is 0 Å². The largest absolute Gasteiger partial charge is 0.512 e. The molecule has 0 spiro atoms. The van der Waals surface area contributed by atoms with Gasteiger partial charge in [-0.15, -0.1) is 0 Å². The van der Waals surface area contributed by atoms with Crippen LogP contribution >= 0.6 is 0 Å². The van der Waals surface area contributed by atoms with Crippen LogP contribution in [0.1, 0.15) is 33.6 Å². The lowest BCUT2D eigenvalue weighted by molar-refractivity contribution is -0.0582. The third-order valence-electron chi connectivity index (χ3n) is 2.92. The zero-order chi connectivity index (χ0) is 19.6. The van der Waals surface area contributed by atoms with Crippen molar-refractivity contribution in [1.82, 2.24) is 9.14 Å². The second-order valence-electron chi connectivity index (χ2n) is 4.28. The van der Waals surface area contributed by atoms with E-state index in [0.717, 1.165) is 20.8 Å². The molecule has 0 rings (SSSR count). The molecule has 0 atom stereocenters. The van der Waals surface area contributed by atoms with Crippen molar-refractivity contribution < 1.29 is 43.2 Å². The summed E-state index contributed by atoms with van der Waals surface area (Å²) in [5.74, 6) is 0. The molecule has 0 aliphatic rings. The highest BCUT2D eigenvalue weighted by atomic mass is 32.3. The minimum absolute atomic E-state index is 0.778. The summed E-state index contributed by atoms with van der Waals surface area (Å²) < 4.78 is 122. The fourth-order valence-corrected chi connectivity index (χ4v) is 5.08. The summed E-state index contributed by atoms with van der Waals surface area (Å²) in [6.45, 7) is 3.09. The van der Waals surface area contributed by atoms with Crippen LogP contribution in [0, 0.1) is 6.07 Å². The number of halogens is 6. The molecular formula is C9H14F6N3O4S2+. The predicted molar refractivity (Wildman–Crippen MR) is 71.2 cm³/mol. The van der Waals surface area contributed by atoms with Crippen LogP contribution in [-0.2, 0) is 20.0 Å². The zero-order valence-electron chi connectivity index (χ0n) is 12.5. The fourth-order valence-electron chi connectivity index (χ4n) is 1.64. The van der Waals surface area contributed by atoms with Gasteiger partial charge in [0.15, 0.2) is 5.66 Å². The topological polar surface area (TPSA) is 87.9 Å². The van der Waals surface area contributed by atoms with Crippen molar-refractivity contribution in [2.75, 3.05) is 0 Å². The van der Waals surface area contributed by atoms with Crippen LogP contribution in [0.3, 0.4) is 0 Å². The Bertz CT molecular complexity index is 669. The van der Waals surface area contributed by atoms with Gasteiger partial charge in [-0.25, -0.2) is 16.8 Å². The van der Waals surface area contributed by atoms with Crippen molar-refractivity contribution >= 4 is 20.0 Å². The summed E-state index contributed by atoms with van der Waals surface area (Å²) in [5.41, 5.74) is -13.7. The summed E-state index contributed by atoms with van der Waals surface area (Å²) in [6, 6.07) is 1.96. The Labute approximate surface area is 134 Å². The first kappa shape index (κ1) is 22.7. The number of rotatable bonds is 6. The maximum Gasteiger partial charge on any atom is 0.512 e. The average Bonchev–Trinajstić information content (AvgIpc) is 2.40. The minimum atomic E-state index is -6.92. The Hall–Kier alpha value is -1.27. The molecule has 24 heavy (non-hydrogen) atoms. The van der Waals surface area contributed by atoms with Gasteiger partial charge in [0.25, 0.3) is 0 Å². The first-order chi connectivity index (χ1) is 10.5. The number of nitrogens with zero attached hydrogens (tertiary/aromatic N) is 2. The quantitative estimate of drug-likeness (QED) is 0.416. The van der Waals surface area contributed by atoms with Crippen molar-refractivity contribution in [2.45, 2.75) is 50.3 Å². The fraction of sp³-hybridized carbons (Fsp3) is 0.889. The third kappa shape index (κ3) is 3.86. The lowest BCUT2D eigenvalue weighted by Gasteiger charge is -2.36. The van der Waals surface area contributed by atoms with Crippen LogP contribution in [0.5, 0.6) is 0 Å². The third-order valence-corrected chi connectivity index (χ3v) is 6.84. The number of hydrogen-bond donors (Lipinski definition) is 1. The average molecular weight is 406 g/mol. The lowest BCUT2D eigenvalue weighted by Crippen LogP contribution is -2.64. The molecule has 0 amide bonds. The van der Waals surface area contributed by atoms with Crippen molar-refractivity contribution in [3.63, 3.8) is 0 Å². The molecule has 15 heteroatoms. The van der Waals surface area contributed by atoms with Gasteiger partial charge in [-0.3, -0.25) is 0 Å². The number of sulfonamides is 2. The van der Waals surface area contributed by atoms with Crippen molar-refractivity contribution in [2.24, 2.45) is 0 Å². The molecule has 0 aromatic carbocycles. The summed E-state index contributed by atoms with van der Waals surface area (Å²) in [4.78, 5) is 3.09. The molecule has 0 heterocycles. The van der Waals surface area contributed by atoms with Crippen molar-refractivity contribution in [3.8, 4) is 6.07 Å². The lowest BCUT2D eigenvalue weighted by atomic mass is 10.1. The standard InChI is InChI=1S/C9H14F6N3O4S2/c1-4-7(5-2,17-16-6-3)18(23(19,20)8(10,11)12)24(21,22)9(13,14)15/h17H,4-5H2,1-3H3/q+1. The molecule has 1 N–H and O–H groups in total. The number of nitrogens with one attached hydrogen (secondary N) is 1. The van der Waals surface area contributed by atoms with E-state index in [2.05, 4.69) is 4.95 Å². The van der Waals surface area contributed by atoms with Gasteiger partial charge in [-0.1, -0.05) is 19.3 Å². The molecule has 142 valence electrons. The number of hydrogen-bond acceptors (Lipinski definition) is 5. The Morgan fingerprint density at radius 1 is 0.917 bits per heavy atom. The molecule has 0 aliphatic carbocycles. The van der Waals surface area contributed by atoms with Gasteiger partial charge in [0.05, 0.1) is 11.9 Å². The maximum absolute atomic E-state index is 12.8. The highest BCUT2D eigenvalue weighted by Crippen LogP contribution is 2.41. The van der Waals surface area contributed by atoms with Gasteiger partial charge >= 0.3 is 37.1 Å². The van der Waals surface area contributed by atoms with E-state index in [-0.39, 0.29) is 0 Å². The molecule has 0 saturated carbocycles. The van der Waals surface area contributed by atoms with E-state index in [1.807, 2.05) is 6.07 Å². The Kier molecular flexibility index (Phi) is 6.56. The maximum atomic E-state index is 12.8. The monoisotopic (exact) mass is 406 g/mol. The molecular weight excluding hydrogens is 392 g/mol. The minimum Gasteiger partial charge on any atom is -0.201 e. The van der Waals surface area contributed by atoms with E-state index in [0.29, 0.717) is 0 Å². The predicted octanol–water partition coefficient (Wildman–Crippen LogP) is 2.36. The van der Waals surface area contributed by atoms with Crippen LogP contribution in [-0.4, -0.2) is 37.2 Å². The normalized spacial score (nSPS) is 14.2. The first-order valence-corrected chi connectivity index (χ1v) is 9.00. The molecule has 0 saturated heterocycles. The van der Waals surface area contributed by atoms with Gasteiger partial charge in [0.1, 0.15) is 0 Å². The van der Waals surface area contributed by atoms with Crippen LogP contribution in [0.4, 0.5) is 26.3 Å². The summed E-state index contributed by atoms with van der Waals surface area (Å²) in [7, 11) is -13.8. The Morgan fingerprint density at radius 2 is 1.25 bits per heavy atom. The Balaban J connectivity index is 6.95. The molecule has 0 fully saturated rings. The molecule has 0 bridgehead atoms. The van der Waals surface area contributed by atoms with Crippen LogP contribution in [0.15, 0.2) is 0 Å². The summed E-state index contributed by atoms with van der Waals surface area (Å²) in [5, 5.41) is 0. The Morgan fingerprint density at radius 3 is 1.46 bits per heavy atom. The molecule has 0 radical (unpaired) electrons. The van der Waals surface area contributed by atoms with E-state index in [1.54, 1.807) is 5.43 Å². The SMILES string of the molecule is CC#[N+]NC(CC)(CC)N(S(=O)(=O)C(F)(F)F)S(=O)(=O)C(F)(F)F. The second kappa shape index (κ2) is 6.92. The van der Waals surface area contributed by atoms with Crippen LogP contribution in [0.25, 0.3) is 4.95 Å². The van der Waals surface area contributed by atoms with E-state index >= 15 is 0 Å². The smallest absolute Gasteiger partial charge is 0.201 e. The highest BCUT2D eigenvalue weighted by molar-refractivity contribution is 8.04. The van der Waals surface area contributed by atoms with Crippen LogP contribution in [0.2, 0.25) is 0 Å². The van der Waals surface area contributed by atoms with Gasteiger partial charge < -0.3 is 0 Å². The molecule has 0 aromatic heterocycles. The molecule has 0 aliphatic heterocycles. The molecule has 7 nitrogen and oxygen atoms in total. The second-order valence-corrected chi connectivity index (χ2v) is 8.07.